The van der Waals surface area contributed by atoms with Gasteiger partial charge in [-0.15, -0.1) is 11.8 Å². The van der Waals surface area contributed by atoms with Gasteiger partial charge in [0, 0.05) is 12.1 Å². The van der Waals surface area contributed by atoms with E-state index in [-0.39, 0.29) is 51.6 Å². The number of amides is 1. The molecule has 8 nitrogen and oxygen atoms in total. The average molecular weight is 529 g/mol. The molecule has 184 valence electrons. The van der Waals surface area contributed by atoms with Gasteiger partial charge in [-0.1, -0.05) is 43.5 Å². The highest BCUT2D eigenvalue weighted by Crippen LogP contribution is 2.53. The Morgan fingerprint density at radius 2 is 1.79 bits per heavy atom. The smallest absolute Gasteiger partial charge is 0.587 e. The molecule has 4 rings (SSSR count). The standard InChI is InChI=1S/C22H27BCl2N2O6S/c1-12(2)6-13(7-15(28)9-26-20(29)16-8-14(24)4-5-17(16)25)23-27(3)18(21(30)32-23)10-34-11-19(27)22(31)33-23/h4-5,8,12-13,18-19H,6-7,9-11H2,1-3H3,(H,26,29)/t13-,18+,19+,23?,27?/m1/s1. The van der Waals surface area contributed by atoms with Crippen molar-refractivity contribution >= 4 is 65.3 Å². The van der Waals surface area contributed by atoms with Gasteiger partial charge in [0.25, 0.3) is 5.91 Å². The van der Waals surface area contributed by atoms with Crippen molar-refractivity contribution in [1.29, 1.82) is 0 Å². The molecule has 3 fully saturated rings. The number of rotatable bonds is 8. The Morgan fingerprint density at radius 3 is 2.38 bits per heavy atom. The van der Waals surface area contributed by atoms with Crippen molar-refractivity contribution in [3.8, 4) is 0 Å². The van der Waals surface area contributed by atoms with E-state index in [9.17, 15) is 19.2 Å². The average Bonchev–Trinajstić information content (AvgIpc) is 3.13. The second-order valence-electron chi connectivity index (χ2n) is 9.83. The van der Waals surface area contributed by atoms with Crippen LogP contribution in [-0.2, 0) is 23.7 Å². The minimum Gasteiger partial charge on any atom is -0.600 e. The minimum absolute atomic E-state index is 0.00270. The van der Waals surface area contributed by atoms with Gasteiger partial charge < -0.3 is 19.0 Å². The number of carbonyl (C=O) groups excluding carboxylic acids is 4. The summed E-state index contributed by atoms with van der Waals surface area (Å²) < 4.78 is 11.9. The molecule has 3 saturated heterocycles. The van der Waals surface area contributed by atoms with Crippen LogP contribution in [0.3, 0.4) is 0 Å². The van der Waals surface area contributed by atoms with Gasteiger partial charge in [0.1, 0.15) is 5.78 Å². The van der Waals surface area contributed by atoms with Crippen molar-refractivity contribution in [3.63, 3.8) is 0 Å². The number of hydrogen-bond acceptors (Lipinski definition) is 7. The molecular formula is C22H27BCl2N2O6S. The molecule has 3 aliphatic heterocycles. The van der Waals surface area contributed by atoms with Crippen LogP contribution in [0.1, 0.15) is 37.0 Å². The summed E-state index contributed by atoms with van der Waals surface area (Å²) >= 11 is 13.6. The molecule has 12 heteroatoms. The highest BCUT2D eigenvalue weighted by Gasteiger charge is 2.76. The van der Waals surface area contributed by atoms with E-state index < -0.39 is 30.5 Å². The summed E-state index contributed by atoms with van der Waals surface area (Å²) in [7, 11) is 1.85. The molecule has 0 saturated carbocycles. The molecule has 3 atom stereocenters. The molecule has 34 heavy (non-hydrogen) atoms. The van der Waals surface area contributed by atoms with Crippen LogP contribution in [0.25, 0.3) is 0 Å². The summed E-state index contributed by atoms with van der Waals surface area (Å²) in [4.78, 5) is 51.2. The Kier molecular flexibility index (Phi) is 6.99. The lowest BCUT2D eigenvalue weighted by atomic mass is 9.51. The highest BCUT2D eigenvalue weighted by atomic mass is 35.5. The zero-order valence-electron chi connectivity index (χ0n) is 19.2. The maximum Gasteiger partial charge on any atom is 0.587 e. The quantitative estimate of drug-likeness (QED) is 0.517. The Hall–Kier alpha value is -1.75. The summed E-state index contributed by atoms with van der Waals surface area (Å²) in [6.07, 6.45) is 0.531. The number of carbonyl (C=O) groups is 4. The van der Waals surface area contributed by atoms with Crippen LogP contribution >= 0.6 is 35.0 Å². The maximum atomic E-state index is 13.0. The molecule has 0 unspecified atom stereocenters. The summed E-state index contributed by atoms with van der Waals surface area (Å²) in [5.74, 6) is -0.766. The molecule has 1 aromatic carbocycles. The zero-order valence-corrected chi connectivity index (χ0v) is 21.5. The van der Waals surface area contributed by atoms with Gasteiger partial charge in [-0.05, 0) is 36.4 Å². The fourth-order valence-corrected chi connectivity index (χ4v) is 7.50. The van der Waals surface area contributed by atoms with E-state index in [4.69, 9.17) is 32.5 Å². The second kappa shape index (κ2) is 9.37. The number of quaternary nitrogens is 1. The zero-order chi connectivity index (χ0) is 24.8. The second-order valence-corrected chi connectivity index (χ2v) is 11.8. The predicted molar refractivity (Wildman–Crippen MR) is 131 cm³/mol. The molecular weight excluding hydrogens is 502 g/mol. The first-order valence-electron chi connectivity index (χ1n) is 11.3. The van der Waals surface area contributed by atoms with Crippen molar-refractivity contribution in [3.05, 3.63) is 33.8 Å². The Morgan fingerprint density at radius 1 is 1.18 bits per heavy atom. The van der Waals surface area contributed by atoms with Crippen molar-refractivity contribution in [2.24, 2.45) is 5.92 Å². The lowest BCUT2D eigenvalue weighted by Crippen LogP contribution is -2.71. The fraction of sp³-hybridized carbons (Fsp3) is 0.545. The molecule has 0 radical (unpaired) electrons. The van der Waals surface area contributed by atoms with Gasteiger partial charge in [0.15, 0.2) is 12.1 Å². The summed E-state index contributed by atoms with van der Waals surface area (Å²) in [5.41, 5.74) is 0.174. The molecule has 0 spiro atoms. The first kappa shape index (κ1) is 25.4. The van der Waals surface area contributed by atoms with Gasteiger partial charge in [-0.2, -0.15) is 0 Å². The van der Waals surface area contributed by atoms with Gasteiger partial charge in [0.2, 0.25) is 0 Å². The molecule has 1 aromatic rings. The SMILES string of the molecule is CC(C)C[C@H](CC(=O)CNC(=O)c1cc(Cl)ccc1Cl)[B-]12OC(=O)[C@@H]3CSC[C@@H](C(=O)O1)[N+]32C. The lowest BCUT2D eigenvalue weighted by Gasteiger charge is -2.51. The number of nitrogens with one attached hydrogen (secondary N) is 1. The Balaban J connectivity index is 1.54. The van der Waals surface area contributed by atoms with Crippen molar-refractivity contribution in [2.45, 2.75) is 44.6 Å². The molecule has 3 aliphatic rings. The Bertz CT molecular complexity index is 1030. The number of thioether (sulfide) groups is 1. The number of nitrogens with zero attached hydrogens (tertiary/aromatic N) is 1. The van der Waals surface area contributed by atoms with Crippen LogP contribution in [0.5, 0.6) is 0 Å². The number of ketones is 1. The number of hydrogen-bond donors (Lipinski definition) is 1. The number of benzene rings is 1. The number of likely N-dealkylation sites (N-methyl/N-ethyl adjacent to an activating group) is 1. The van der Waals surface area contributed by atoms with Crippen molar-refractivity contribution in [1.82, 2.24) is 5.32 Å². The highest BCUT2D eigenvalue weighted by molar-refractivity contribution is 7.99. The van der Waals surface area contributed by atoms with Crippen LogP contribution in [0, 0.1) is 5.92 Å². The fourth-order valence-electron chi connectivity index (χ4n) is 5.63. The molecule has 0 aliphatic carbocycles. The molecule has 0 bridgehead atoms. The van der Waals surface area contributed by atoms with E-state index in [1.54, 1.807) is 17.8 Å². The summed E-state index contributed by atoms with van der Waals surface area (Å²) in [5, 5.41) is 3.17. The molecule has 3 heterocycles. The van der Waals surface area contributed by atoms with Crippen molar-refractivity contribution < 1.29 is 32.9 Å². The molecule has 1 amide bonds. The van der Waals surface area contributed by atoms with Crippen LogP contribution in [0.15, 0.2) is 18.2 Å². The molecule has 0 aromatic heterocycles. The third kappa shape index (κ3) is 4.12. The summed E-state index contributed by atoms with van der Waals surface area (Å²) in [6.45, 7) is 1.35. The van der Waals surface area contributed by atoms with Crippen molar-refractivity contribution in [2.75, 3.05) is 25.1 Å². The predicted octanol–water partition coefficient (Wildman–Crippen LogP) is 3.08. The number of halogens is 2. The summed E-state index contributed by atoms with van der Waals surface area (Å²) in [6, 6.07) is 3.52. The lowest BCUT2D eigenvalue weighted by molar-refractivity contribution is -0.840. The van der Waals surface area contributed by atoms with Gasteiger partial charge in [-0.3, -0.25) is 9.59 Å². The Labute approximate surface area is 212 Å². The van der Waals surface area contributed by atoms with Crippen LogP contribution < -0.4 is 5.32 Å². The van der Waals surface area contributed by atoms with E-state index in [0.717, 1.165) is 0 Å². The van der Waals surface area contributed by atoms with E-state index in [2.05, 4.69) is 5.32 Å². The first-order chi connectivity index (χ1) is 16.0. The minimum atomic E-state index is -2.41. The van der Waals surface area contributed by atoms with E-state index in [0.29, 0.717) is 22.9 Å². The van der Waals surface area contributed by atoms with Gasteiger partial charge in [-0.25, -0.2) is 9.59 Å². The normalized spacial score (nSPS) is 30.5. The van der Waals surface area contributed by atoms with E-state index in [1.807, 2.05) is 20.9 Å². The van der Waals surface area contributed by atoms with E-state index >= 15 is 0 Å². The third-order valence-corrected chi connectivity index (χ3v) is 8.93. The van der Waals surface area contributed by atoms with Gasteiger partial charge in [0.05, 0.1) is 28.6 Å². The van der Waals surface area contributed by atoms with Crippen LogP contribution in [0.4, 0.5) is 0 Å². The number of Topliss-reactive ketones (excluding diaryl/α,β-unsaturated/α-hetero) is 1. The largest absolute Gasteiger partial charge is 0.600 e. The van der Waals surface area contributed by atoms with Crippen LogP contribution in [-0.4, -0.2) is 71.9 Å². The molecule has 1 N–H and O–H groups in total. The van der Waals surface area contributed by atoms with Gasteiger partial charge >= 0.3 is 18.6 Å². The third-order valence-electron chi connectivity index (χ3n) is 7.26. The monoisotopic (exact) mass is 528 g/mol. The topological polar surface area (TPSA) is 98.8 Å². The first-order valence-corrected chi connectivity index (χ1v) is 13.2. The van der Waals surface area contributed by atoms with Crippen LogP contribution in [0.2, 0.25) is 15.9 Å². The maximum absolute atomic E-state index is 13.0. The van der Waals surface area contributed by atoms with E-state index in [1.165, 1.54) is 12.1 Å².